The van der Waals surface area contributed by atoms with Crippen LogP contribution in [-0.2, 0) is 16.0 Å². The lowest BCUT2D eigenvalue weighted by Gasteiger charge is -2.20. The Morgan fingerprint density at radius 3 is 2.78 bits per heavy atom. The molecule has 5 nitrogen and oxygen atoms in total. The van der Waals surface area contributed by atoms with Gasteiger partial charge in [0, 0.05) is 31.4 Å². The molecule has 1 unspecified atom stereocenters. The van der Waals surface area contributed by atoms with E-state index in [1.165, 1.54) is 0 Å². The molecule has 23 heavy (non-hydrogen) atoms. The monoisotopic (exact) mass is 315 g/mol. The smallest absolute Gasteiger partial charge is 0.316 e. The van der Waals surface area contributed by atoms with Gasteiger partial charge in [0.2, 0.25) is 0 Å². The molecule has 0 aliphatic carbocycles. The van der Waals surface area contributed by atoms with Crippen molar-refractivity contribution in [3.05, 3.63) is 29.8 Å². The molecule has 0 bridgehead atoms. The summed E-state index contributed by atoms with van der Waals surface area (Å²) < 4.78 is 0. The largest absolute Gasteiger partial charge is 0.347 e. The first-order chi connectivity index (χ1) is 11.1. The van der Waals surface area contributed by atoms with Crippen LogP contribution in [0.2, 0.25) is 0 Å². The SMILES string of the molecule is CC(C)N1CCC(CNC(=O)C(=O)N2CCc3ccccc32)C1. The van der Waals surface area contributed by atoms with Crippen molar-refractivity contribution in [3.8, 4) is 0 Å². The summed E-state index contributed by atoms with van der Waals surface area (Å²) in [5.41, 5.74) is 2.01. The third kappa shape index (κ3) is 3.39. The van der Waals surface area contributed by atoms with E-state index in [1.807, 2.05) is 24.3 Å². The molecular formula is C18H25N3O2. The summed E-state index contributed by atoms with van der Waals surface area (Å²) in [6, 6.07) is 8.33. The van der Waals surface area contributed by atoms with Crippen LogP contribution in [0.5, 0.6) is 0 Å². The molecule has 1 N–H and O–H groups in total. The van der Waals surface area contributed by atoms with Gasteiger partial charge in [-0.3, -0.25) is 9.59 Å². The number of nitrogens with zero attached hydrogens (tertiary/aromatic N) is 2. The minimum Gasteiger partial charge on any atom is -0.347 e. The zero-order valence-corrected chi connectivity index (χ0v) is 13.9. The Morgan fingerprint density at radius 1 is 1.26 bits per heavy atom. The summed E-state index contributed by atoms with van der Waals surface area (Å²) in [6.45, 7) is 7.63. The zero-order chi connectivity index (χ0) is 16.4. The standard InChI is InChI=1S/C18H25N3O2/c1-13(2)20-9-7-14(12-20)11-19-17(22)18(23)21-10-8-15-5-3-4-6-16(15)21/h3-6,13-14H,7-12H2,1-2H3,(H,19,22). The number of likely N-dealkylation sites (tertiary alicyclic amines) is 1. The molecule has 0 spiro atoms. The molecular weight excluding hydrogens is 290 g/mol. The van der Waals surface area contributed by atoms with Gasteiger partial charge in [0.15, 0.2) is 0 Å². The van der Waals surface area contributed by atoms with Crippen molar-refractivity contribution in [2.45, 2.75) is 32.7 Å². The highest BCUT2D eigenvalue weighted by Crippen LogP contribution is 2.27. The zero-order valence-electron chi connectivity index (χ0n) is 13.9. The topological polar surface area (TPSA) is 52.7 Å². The van der Waals surface area contributed by atoms with Crippen LogP contribution >= 0.6 is 0 Å². The first-order valence-corrected chi connectivity index (χ1v) is 8.48. The van der Waals surface area contributed by atoms with Gasteiger partial charge in [-0.05, 0) is 50.8 Å². The van der Waals surface area contributed by atoms with Gasteiger partial charge in [0.05, 0.1) is 0 Å². The highest BCUT2D eigenvalue weighted by atomic mass is 16.2. The highest BCUT2D eigenvalue weighted by Gasteiger charge is 2.30. The van der Waals surface area contributed by atoms with Crippen LogP contribution in [0, 0.1) is 5.92 Å². The lowest BCUT2D eigenvalue weighted by atomic mass is 10.1. The van der Waals surface area contributed by atoms with Crippen LogP contribution < -0.4 is 10.2 Å². The predicted octanol–water partition coefficient (Wildman–Crippen LogP) is 1.42. The summed E-state index contributed by atoms with van der Waals surface area (Å²) in [5.74, 6) is -0.474. The maximum absolute atomic E-state index is 12.4. The molecule has 2 aliphatic rings. The summed E-state index contributed by atoms with van der Waals surface area (Å²) in [6.07, 6.45) is 1.90. The molecule has 3 rings (SSSR count). The van der Waals surface area contributed by atoms with Crippen LogP contribution in [0.3, 0.4) is 0 Å². The maximum atomic E-state index is 12.4. The van der Waals surface area contributed by atoms with E-state index in [1.54, 1.807) is 4.90 Å². The molecule has 1 fully saturated rings. The van der Waals surface area contributed by atoms with Crippen molar-refractivity contribution in [1.29, 1.82) is 0 Å². The molecule has 124 valence electrons. The molecule has 0 saturated carbocycles. The van der Waals surface area contributed by atoms with Crippen LogP contribution in [0.1, 0.15) is 25.8 Å². The number of amides is 2. The second-order valence-electron chi connectivity index (χ2n) is 6.79. The van der Waals surface area contributed by atoms with E-state index >= 15 is 0 Å². The second-order valence-corrected chi connectivity index (χ2v) is 6.79. The molecule has 1 saturated heterocycles. The molecule has 0 radical (unpaired) electrons. The van der Waals surface area contributed by atoms with Gasteiger partial charge in [-0.2, -0.15) is 0 Å². The Morgan fingerprint density at radius 2 is 2.04 bits per heavy atom. The van der Waals surface area contributed by atoms with Gasteiger partial charge in [0.25, 0.3) is 0 Å². The number of anilines is 1. The van der Waals surface area contributed by atoms with E-state index in [0.29, 0.717) is 25.0 Å². The number of carbonyl (C=O) groups excluding carboxylic acids is 2. The van der Waals surface area contributed by atoms with Crippen molar-refractivity contribution in [1.82, 2.24) is 10.2 Å². The van der Waals surface area contributed by atoms with E-state index in [2.05, 4.69) is 24.1 Å². The molecule has 1 aromatic carbocycles. The van der Waals surface area contributed by atoms with E-state index < -0.39 is 11.8 Å². The normalized spacial score (nSPS) is 20.8. The molecule has 1 atom stereocenters. The number of hydrogen-bond donors (Lipinski definition) is 1. The predicted molar refractivity (Wildman–Crippen MR) is 90.3 cm³/mol. The van der Waals surface area contributed by atoms with Gasteiger partial charge in [0.1, 0.15) is 0 Å². The van der Waals surface area contributed by atoms with E-state index in [9.17, 15) is 9.59 Å². The molecule has 2 heterocycles. The van der Waals surface area contributed by atoms with Gasteiger partial charge < -0.3 is 15.1 Å². The third-order valence-electron chi connectivity index (χ3n) is 4.93. The van der Waals surface area contributed by atoms with E-state index in [0.717, 1.165) is 37.2 Å². The van der Waals surface area contributed by atoms with Crippen molar-refractivity contribution in [2.24, 2.45) is 5.92 Å². The average molecular weight is 315 g/mol. The Hall–Kier alpha value is -1.88. The summed E-state index contributed by atoms with van der Waals surface area (Å²) >= 11 is 0. The number of hydrogen-bond acceptors (Lipinski definition) is 3. The summed E-state index contributed by atoms with van der Waals surface area (Å²) in [5, 5.41) is 2.83. The highest BCUT2D eigenvalue weighted by molar-refractivity contribution is 6.40. The van der Waals surface area contributed by atoms with Gasteiger partial charge >= 0.3 is 11.8 Å². The number of rotatable bonds is 3. The van der Waals surface area contributed by atoms with Crippen molar-refractivity contribution in [2.75, 3.05) is 31.1 Å². The number of carbonyl (C=O) groups is 2. The van der Waals surface area contributed by atoms with Crippen molar-refractivity contribution in [3.63, 3.8) is 0 Å². The number of benzene rings is 1. The van der Waals surface area contributed by atoms with Crippen molar-refractivity contribution < 1.29 is 9.59 Å². The minimum atomic E-state index is -0.482. The summed E-state index contributed by atoms with van der Waals surface area (Å²) in [7, 11) is 0. The quantitative estimate of drug-likeness (QED) is 0.859. The van der Waals surface area contributed by atoms with E-state index in [-0.39, 0.29) is 0 Å². The summed E-state index contributed by atoms with van der Waals surface area (Å²) in [4.78, 5) is 28.6. The molecule has 1 aromatic rings. The lowest BCUT2D eigenvalue weighted by Crippen LogP contribution is -2.44. The Labute approximate surface area is 137 Å². The first kappa shape index (κ1) is 16.0. The number of nitrogens with one attached hydrogen (secondary N) is 1. The fourth-order valence-electron chi connectivity index (χ4n) is 3.48. The van der Waals surface area contributed by atoms with Crippen LogP contribution in [-0.4, -0.2) is 48.9 Å². The fourth-order valence-corrected chi connectivity index (χ4v) is 3.48. The first-order valence-electron chi connectivity index (χ1n) is 8.48. The van der Waals surface area contributed by atoms with Crippen molar-refractivity contribution >= 4 is 17.5 Å². The molecule has 0 aromatic heterocycles. The fraction of sp³-hybridized carbons (Fsp3) is 0.556. The van der Waals surface area contributed by atoms with Crippen LogP contribution in [0.25, 0.3) is 0 Å². The molecule has 2 amide bonds. The lowest BCUT2D eigenvalue weighted by molar-refractivity contribution is -0.137. The Bertz CT molecular complexity index is 600. The third-order valence-corrected chi connectivity index (χ3v) is 4.93. The number of para-hydroxylation sites is 1. The maximum Gasteiger partial charge on any atom is 0.316 e. The van der Waals surface area contributed by atoms with Gasteiger partial charge in [-0.1, -0.05) is 18.2 Å². The van der Waals surface area contributed by atoms with Gasteiger partial charge in [-0.25, -0.2) is 0 Å². The Balaban J connectivity index is 1.52. The second kappa shape index (κ2) is 6.71. The number of fused-ring (bicyclic) bond motifs is 1. The average Bonchev–Trinajstić information content (AvgIpc) is 3.18. The van der Waals surface area contributed by atoms with Crippen LogP contribution in [0.4, 0.5) is 5.69 Å². The van der Waals surface area contributed by atoms with E-state index in [4.69, 9.17) is 0 Å². The molecule has 5 heteroatoms. The van der Waals surface area contributed by atoms with Crippen LogP contribution in [0.15, 0.2) is 24.3 Å². The Kier molecular flexibility index (Phi) is 4.66. The molecule has 2 aliphatic heterocycles. The minimum absolute atomic E-state index is 0.436. The van der Waals surface area contributed by atoms with Gasteiger partial charge in [-0.15, -0.1) is 0 Å².